The van der Waals surface area contributed by atoms with Crippen LogP contribution in [0.25, 0.3) is 0 Å². The molecule has 190 valence electrons. The summed E-state index contributed by atoms with van der Waals surface area (Å²) in [4.78, 5) is 15.0. The van der Waals surface area contributed by atoms with Crippen molar-refractivity contribution in [3.8, 4) is 5.75 Å². The van der Waals surface area contributed by atoms with Gasteiger partial charge in [0.2, 0.25) is 0 Å². The Hall–Kier alpha value is -2.48. The number of carbonyl (C=O) groups excluding carboxylic acids is 1. The van der Waals surface area contributed by atoms with Crippen molar-refractivity contribution in [3.63, 3.8) is 0 Å². The molecule has 1 heterocycles. The highest BCUT2D eigenvalue weighted by molar-refractivity contribution is 5.94. The summed E-state index contributed by atoms with van der Waals surface area (Å²) in [5.41, 5.74) is 3.00. The largest absolute Gasteiger partial charge is 0.494 e. The van der Waals surface area contributed by atoms with Crippen molar-refractivity contribution in [2.75, 3.05) is 33.4 Å². The van der Waals surface area contributed by atoms with E-state index in [1.807, 2.05) is 18.2 Å². The van der Waals surface area contributed by atoms with Crippen molar-refractivity contribution in [3.05, 3.63) is 65.0 Å². The van der Waals surface area contributed by atoms with Crippen LogP contribution in [0.15, 0.2) is 42.5 Å². The number of methoxy groups -OCH3 is 1. The van der Waals surface area contributed by atoms with Crippen molar-refractivity contribution in [2.24, 2.45) is 0 Å². The zero-order valence-corrected chi connectivity index (χ0v) is 20.8. The number of hydrogen-bond acceptors (Lipinski definition) is 5. The molecule has 2 aliphatic rings. The second-order valence-electron chi connectivity index (χ2n) is 9.92. The third-order valence-electron chi connectivity index (χ3n) is 7.58. The number of halogens is 1. The first-order chi connectivity index (χ1) is 17.0. The summed E-state index contributed by atoms with van der Waals surface area (Å²) in [7, 11) is 1.49. The highest BCUT2D eigenvalue weighted by Gasteiger charge is 2.27. The van der Waals surface area contributed by atoms with Crippen LogP contribution in [0.4, 0.5) is 4.39 Å². The Balaban J connectivity index is 1.26. The van der Waals surface area contributed by atoms with Gasteiger partial charge in [0.15, 0.2) is 11.6 Å². The first-order valence-electron chi connectivity index (χ1n) is 12.8. The number of likely N-dealkylation sites (tertiary alicyclic amines) is 1. The van der Waals surface area contributed by atoms with Gasteiger partial charge in [-0.05, 0) is 80.3 Å². The predicted molar refractivity (Wildman–Crippen MR) is 135 cm³/mol. The zero-order valence-electron chi connectivity index (χ0n) is 20.8. The van der Waals surface area contributed by atoms with E-state index in [4.69, 9.17) is 9.84 Å². The van der Waals surface area contributed by atoms with Crippen molar-refractivity contribution in [1.82, 2.24) is 15.5 Å². The second-order valence-corrected chi connectivity index (χ2v) is 9.92. The maximum atomic E-state index is 13.7. The lowest BCUT2D eigenvalue weighted by molar-refractivity contribution is 0.0903. The molecule has 2 aromatic carbocycles. The van der Waals surface area contributed by atoms with Gasteiger partial charge in [-0.2, -0.15) is 0 Å². The average Bonchev–Trinajstić information content (AvgIpc) is 3.34. The quantitative estimate of drug-likeness (QED) is 0.503. The summed E-state index contributed by atoms with van der Waals surface area (Å²) in [5, 5.41) is 15.9. The molecule has 3 N–H and O–H groups in total. The van der Waals surface area contributed by atoms with Crippen molar-refractivity contribution in [2.45, 2.75) is 63.1 Å². The maximum Gasteiger partial charge on any atom is 0.251 e. The lowest BCUT2D eigenvalue weighted by atomic mass is 9.96. The molecule has 1 saturated carbocycles. The van der Waals surface area contributed by atoms with Gasteiger partial charge in [0, 0.05) is 43.3 Å². The SMILES string of the molecule is COc1cc(C(C)NC2CCC(c3ccc(C(=O)NC4CCN(CCO)CC4)cc3)C2)ccc1F. The molecule has 1 aliphatic carbocycles. The minimum atomic E-state index is -0.343. The number of piperidine rings is 1. The van der Waals surface area contributed by atoms with Crippen LogP contribution >= 0.6 is 0 Å². The van der Waals surface area contributed by atoms with Crippen LogP contribution in [-0.4, -0.2) is 61.3 Å². The highest BCUT2D eigenvalue weighted by atomic mass is 19.1. The lowest BCUT2D eigenvalue weighted by Gasteiger charge is -2.31. The number of ether oxygens (including phenoxy) is 1. The Bertz CT molecular complexity index is 976. The fourth-order valence-electron chi connectivity index (χ4n) is 5.45. The number of benzene rings is 2. The molecular formula is C28H38FN3O3. The van der Waals surface area contributed by atoms with Crippen LogP contribution in [0.2, 0.25) is 0 Å². The number of nitrogens with zero attached hydrogens (tertiary/aromatic N) is 1. The van der Waals surface area contributed by atoms with Crippen LogP contribution in [0.3, 0.4) is 0 Å². The van der Waals surface area contributed by atoms with Gasteiger partial charge >= 0.3 is 0 Å². The molecule has 4 rings (SSSR count). The Kier molecular flexibility index (Phi) is 8.76. The van der Waals surface area contributed by atoms with E-state index in [0.717, 1.165) is 50.8 Å². The van der Waals surface area contributed by atoms with Gasteiger partial charge in [0.1, 0.15) is 0 Å². The molecule has 6 nitrogen and oxygen atoms in total. The number of aliphatic hydroxyl groups is 1. The summed E-state index contributed by atoms with van der Waals surface area (Å²) < 4.78 is 18.9. The molecule has 0 spiro atoms. The number of β-amino-alcohol motifs (C(OH)–C–C–N with tert-alkyl or cyclic N) is 1. The van der Waals surface area contributed by atoms with E-state index >= 15 is 0 Å². The molecule has 1 saturated heterocycles. The minimum absolute atomic E-state index is 0.00771. The molecule has 0 radical (unpaired) electrons. The Morgan fingerprint density at radius 2 is 1.86 bits per heavy atom. The van der Waals surface area contributed by atoms with E-state index < -0.39 is 0 Å². The van der Waals surface area contributed by atoms with Crippen LogP contribution in [0.5, 0.6) is 5.75 Å². The number of nitrogens with one attached hydrogen (secondary N) is 2. The summed E-state index contributed by atoms with van der Waals surface area (Å²) in [6, 6.07) is 13.8. The molecule has 7 heteroatoms. The summed E-state index contributed by atoms with van der Waals surface area (Å²) in [6.07, 6.45) is 5.08. The zero-order chi connectivity index (χ0) is 24.8. The van der Waals surface area contributed by atoms with Crippen LogP contribution < -0.4 is 15.4 Å². The summed E-state index contributed by atoms with van der Waals surface area (Å²) in [6.45, 7) is 4.82. The molecule has 3 atom stereocenters. The molecule has 2 fully saturated rings. The fraction of sp³-hybridized carbons (Fsp3) is 0.536. The van der Waals surface area contributed by atoms with E-state index in [-0.39, 0.29) is 36.2 Å². The molecular weight excluding hydrogens is 445 g/mol. The topological polar surface area (TPSA) is 73.8 Å². The molecule has 0 bridgehead atoms. The lowest BCUT2D eigenvalue weighted by Crippen LogP contribution is -2.45. The Labute approximate surface area is 207 Å². The van der Waals surface area contributed by atoms with Gasteiger partial charge in [0.05, 0.1) is 13.7 Å². The van der Waals surface area contributed by atoms with E-state index in [0.29, 0.717) is 24.1 Å². The van der Waals surface area contributed by atoms with E-state index in [9.17, 15) is 9.18 Å². The van der Waals surface area contributed by atoms with Gasteiger partial charge in [-0.3, -0.25) is 4.79 Å². The third-order valence-corrected chi connectivity index (χ3v) is 7.58. The summed E-state index contributed by atoms with van der Waals surface area (Å²) in [5.74, 6) is 0.392. The first kappa shape index (κ1) is 25.6. The Morgan fingerprint density at radius 1 is 1.11 bits per heavy atom. The first-order valence-corrected chi connectivity index (χ1v) is 12.8. The molecule has 35 heavy (non-hydrogen) atoms. The van der Waals surface area contributed by atoms with Crippen LogP contribution in [0, 0.1) is 5.82 Å². The van der Waals surface area contributed by atoms with E-state index in [2.05, 4.69) is 34.6 Å². The number of aliphatic hydroxyl groups excluding tert-OH is 1. The smallest absolute Gasteiger partial charge is 0.251 e. The second kappa shape index (κ2) is 12.0. The predicted octanol–water partition coefficient (Wildman–Crippen LogP) is 4.01. The number of carbonyl (C=O) groups is 1. The number of hydrogen-bond donors (Lipinski definition) is 3. The highest BCUT2D eigenvalue weighted by Crippen LogP contribution is 2.36. The van der Waals surface area contributed by atoms with Crippen molar-refractivity contribution < 1.29 is 19.0 Å². The van der Waals surface area contributed by atoms with E-state index in [1.54, 1.807) is 6.07 Å². The monoisotopic (exact) mass is 483 g/mol. The van der Waals surface area contributed by atoms with Gasteiger partial charge in [-0.1, -0.05) is 18.2 Å². The molecule has 3 unspecified atom stereocenters. The number of amides is 1. The van der Waals surface area contributed by atoms with Crippen molar-refractivity contribution >= 4 is 5.91 Å². The number of rotatable bonds is 9. The van der Waals surface area contributed by atoms with Gasteiger partial charge in [-0.15, -0.1) is 0 Å². The van der Waals surface area contributed by atoms with Crippen LogP contribution in [0.1, 0.15) is 72.5 Å². The molecule has 1 aliphatic heterocycles. The van der Waals surface area contributed by atoms with Crippen molar-refractivity contribution in [1.29, 1.82) is 0 Å². The Morgan fingerprint density at radius 3 is 2.54 bits per heavy atom. The fourth-order valence-corrected chi connectivity index (χ4v) is 5.45. The standard InChI is InChI=1S/C28H38FN3O3/c1-19(22-8-10-26(29)27(18-22)35-2)30-25-9-7-23(17-25)20-3-5-21(6-4-20)28(34)31-24-11-13-32(14-12-24)15-16-33/h3-6,8,10,18-19,23-25,30,33H,7,9,11-17H2,1-2H3,(H,31,34). The normalized spacial score (nSPS) is 22.2. The van der Waals surface area contributed by atoms with E-state index in [1.165, 1.54) is 18.7 Å². The maximum absolute atomic E-state index is 13.7. The minimum Gasteiger partial charge on any atom is -0.494 e. The van der Waals surface area contributed by atoms with Gasteiger partial charge < -0.3 is 25.4 Å². The van der Waals surface area contributed by atoms with Crippen LogP contribution in [-0.2, 0) is 0 Å². The molecule has 1 amide bonds. The van der Waals surface area contributed by atoms with Gasteiger partial charge in [0.25, 0.3) is 5.91 Å². The molecule has 2 aromatic rings. The summed E-state index contributed by atoms with van der Waals surface area (Å²) >= 11 is 0. The van der Waals surface area contributed by atoms with Gasteiger partial charge in [-0.25, -0.2) is 4.39 Å². The third kappa shape index (κ3) is 6.60. The average molecular weight is 484 g/mol. The molecule has 0 aromatic heterocycles.